The SMILES string of the molecule is O=C1c2ccccc2C(Nc2cccc(Cl)c2Cl)N1c1ccc(Cl)cc1. The van der Waals surface area contributed by atoms with Crippen LogP contribution in [0, 0.1) is 0 Å². The predicted molar refractivity (Wildman–Crippen MR) is 108 cm³/mol. The normalized spacial score (nSPS) is 15.9. The summed E-state index contributed by atoms with van der Waals surface area (Å²) in [5, 5.41) is 4.84. The van der Waals surface area contributed by atoms with Gasteiger partial charge in [0.1, 0.15) is 6.17 Å². The number of nitrogens with one attached hydrogen (secondary N) is 1. The van der Waals surface area contributed by atoms with E-state index in [1.54, 1.807) is 23.1 Å². The smallest absolute Gasteiger partial charge is 0.260 e. The highest BCUT2D eigenvalue weighted by Crippen LogP contribution is 2.40. The van der Waals surface area contributed by atoms with E-state index in [0.717, 1.165) is 11.3 Å². The Kier molecular flexibility index (Phi) is 4.53. The number of rotatable bonds is 3. The lowest BCUT2D eigenvalue weighted by molar-refractivity contribution is 0.0993. The third-order valence-electron chi connectivity index (χ3n) is 4.31. The van der Waals surface area contributed by atoms with Crippen molar-refractivity contribution in [2.75, 3.05) is 10.2 Å². The Morgan fingerprint density at radius 2 is 1.58 bits per heavy atom. The molecule has 0 saturated carbocycles. The van der Waals surface area contributed by atoms with Crippen molar-refractivity contribution in [2.24, 2.45) is 0 Å². The van der Waals surface area contributed by atoms with Crippen LogP contribution in [0.3, 0.4) is 0 Å². The van der Waals surface area contributed by atoms with Crippen LogP contribution in [-0.2, 0) is 0 Å². The first kappa shape index (κ1) is 17.2. The average Bonchev–Trinajstić information content (AvgIpc) is 2.92. The molecule has 1 N–H and O–H groups in total. The van der Waals surface area contributed by atoms with E-state index < -0.39 is 6.17 Å². The molecule has 0 saturated heterocycles. The summed E-state index contributed by atoms with van der Waals surface area (Å²) in [7, 11) is 0. The van der Waals surface area contributed by atoms with Crippen molar-refractivity contribution < 1.29 is 4.79 Å². The van der Waals surface area contributed by atoms with Gasteiger partial charge in [-0.3, -0.25) is 9.69 Å². The number of benzene rings is 3. The van der Waals surface area contributed by atoms with Crippen molar-refractivity contribution in [3.05, 3.63) is 92.9 Å². The Labute approximate surface area is 166 Å². The summed E-state index contributed by atoms with van der Waals surface area (Å²) in [6.45, 7) is 0. The summed E-state index contributed by atoms with van der Waals surface area (Å²) in [4.78, 5) is 14.7. The van der Waals surface area contributed by atoms with Crippen LogP contribution in [0.25, 0.3) is 0 Å². The second kappa shape index (κ2) is 6.84. The maximum absolute atomic E-state index is 13.0. The van der Waals surface area contributed by atoms with Crippen LogP contribution in [0.4, 0.5) is 11.4 Å². The maximum Gasteiger partial charge on any atom is 0.260 e. The van der Waals surface area contributed by atoms with Gasteiger partial charge in [0.15, 0.2) is 0 Å². The van der Waals surface area contributed by atoms with Crippen molar-refractivity contribution in [3.8, 4) is 0 Å². The lowest BCUT2D eigenvalue weighted by atomic mass is 10.1. The molecule has 1 atom stereocenters. The Bertz CT molecular complexity index is 989. The molecule has 0 spiro atoms. The third kappa shape index (κ3) is 2.92. The molecule has 26 heavy (non-hydrogen) atoms. The molecule has 0 fully saturated rings. The van der Waals surface area contributed by atoms with Gasteiger partial charge in [0.2, 0.25) is 0 Å². The van der Waals surface area contributed by atoms with Crippen LogP contribution in [0.5, 0.6) is 0 Å². The minimum absolute atomic E-state index is 0.0847. The number of halogens is 3. The number of nitrogens with zero attached hydrogens (tertiary/aromatic N) is 1. The summed E-state index contributed by atoms with van der Waals surface area (Å²) in [6.07, 6.45) is -0.407. The van der Waals surface area contributed by atoms with E-state index >= 15 is 0 Å². The largest absolute Gasteiger partial charge is 0.360 e. The molecular formula is C20H13Cl3N2O. The zero-order valence-electron chi connectivity index (χ0n) is 13.4. The highest BCUT2D eigenvalue weighted by Gasteiger charge is 2.37. The van der Waals surface area contributed by atoms with E-state index in [-0.39, 0.29) is 5.91 Å². The van der Waals surface area contributed by atoms with Crippen molar-refractivity contribution >= 4 is 52.1 Å². The Hall–Kier alpha value is -2.20. The second-order valence-electron chi connectivity index (χ2n) is 5.89. The molecule has 1 aliphatic rings. The minimum atomic E-state index is -0.407. The topological polar surface area (TPSA) is 32.3 Å². The zero-order valence-corrected chi connectivity index (χ0v) is 15.7. The summed E-state index contributed by atoms with van der Waals surface area (Å²) < 4.78 is 0. The summed E-state index contributed by atoms with van der Waals surface area (Å²) in [5.74, 6) is -0.0847. The van der Waals surface area contributed by atoms with Gasteiger partial charge in [-0.05, 0) is 42.5 Å². The monoisotopic (exact) mass is 402 g/mol. The molecule has 0 aliphatic carbocycles. The van der Waals surface area contributed by atoms with E-state index in [2.05, 4.69) is 5.32 Å². The highest BCUT2D eigenvalue weighted by atomic mass is 35.5. The van der Waals surface area contributed by atoms with Gasteiger partial charge >= 0.3 is 0 Å². The molecule has 1 heterocycles. The third-order valence-corrected chi connectivity index (χ3v) is 5.38. The molecule has 6 heteroatoms. The van der Waals surface area contributed by atoms with Crippen LogP contribution in [0.1, 0.15) is 22.1 Å². The number of anilines is 2. The number of carbonyl (C=O) groups is 1. The molecule has 0 radical (unpaired) electrons. The van der Waals surface area contributed by atoms with Gasteiger partial charge in [-0.1, -0.05) is 59.1 Å². The van der Waals surface area contributed by atoms with E-state index in [1.807, 2.05) is 48.5 Å². The molecule has 0 aromatic heterocycles. The van der Waals surface area contributed by atoms with Crippen LogP contribution >= 0.6 is 34.8 Å². The molecule has 3 nitrogen and oxygen atoms in total. The van der Waals surface area contributed by atoms with Crippen molar-refractivity contribution in [1.82, 2.24) is 0 Å². The minimum Gasteiger partial charge on any atom is -0.360 e. The average molecular weight is 404 g/mol. The van der Waals surface area contributed by atoms with Gasteiger partial charge in [0, 0.05) is 21.8 Å². The molecule has 1 aliphatic heterocycles. The molecule has 3 aromatic carbocycles. The first-order valence-electron chi connectivity index (χ1n) is 7.95. The molecule has 4 rings (SSSR count). The van der Waals surface area contributed by atoms with E-state index in [0.29, 0.717) is 26.3 Å². The molecule has 130 valence electrons. The summed E-state index contributed by atoms with van der Waals surface area (Å²) >= 11 is 18.5. The molecular weight excluding hydrogens is 391 g/mol. The number of amides is 1. The van der Waals surface area contributed by atoms with Gasteiger partial charge in [-0.25, -0.2) is 0 Å². The Morgan fingerprint density at radius 1 is 0.846 bits per heavy atom. The van der Waals surface area contributed by atoms with Crippen LogP contribution in [-0.4, -0.2) is 5.91 Å². The van der Waals surface area contributed by atoms with Crippen LogP contribution in [0.15, 0.2) is 66.7 Å². The van der Waals surface area contributed by atoms with Crippen molar-refractivity contribution in [1.29, 1.82) is 0 Å². The Balaban J connectivity index is 1.81. The van der Waals surface area contributed by atoms with E-state index in [9.17, 15) is 4.79 Å². The van der Waals surface area contributed by atoms with Crippen molar-refractivity contribution in [2.45, 2.75) is 6.17 Å². The fraction of sp³-hybridized carbons (Fsp3) is 0.0500. The summed E-state index contributed by atoms with van der Waals surface area (Å²) in [6, 6.07) is 20.0. The standard InChI is InChI=1S/C20H13Cl3N2O/c21-12-8-10-13(11-9-12)25-19(14-4-1-2-5-15(14)20(25)26)24-17-7-3-6-16(22)18(17)23/h1-11,19,24H. The fourth-order valence-electron chi connectivity index (χ4n) is 3.09. The first-order valence-corrected chi connectivity index (χ1v) is 9.08. The van der Waals surface area contributed by atoms with Crippen LogP contribution in [0.2, 0.25) is 15.1 Å². The first-order chi connectivity index (χ1) is 12.6. The van der Waals surface area contributed by atoms with E-state index in [1.165, 1.54) is 0 Å². The van der Waals surface area contributed by atoms with E-state index in [4.69, 9.17) is 34.8 Å². The molecule has 0 bridgehead atoms. The summed E-state index contributed by atoms with van der Waals surface area (Å²) in [5.41, 5.74) is 2.93. The lowest BCUT2D eigenvalue weighted by Gasteiger charge is -2.27. The Morgan fingerprint density at radius 3 is 2.35 bits per heavy atom. The number of hydrogen-bond acceptors (Lipinski definition) is 2. The molecule has 3 aromatic rings. The number of carbonyl (C=O) groups excluding carboxylic acids is 1. The van der Waals surface area contributed by atoms with Gasteiger partial charge in [-0.15, -0.1) is 0 Å². The van der Waals surface area contributed by atoms with Gasteiger partial charge < -0.3 is 5.32 Å². The highest BCUT2D eigenvalue weighted by molar-refractivity contribution is 6.43. The number of hydrogen-bond donors (Lipinski definition) is 1. The fourth-order valence-corrected chi connectivity index (χ4v) is 3.57. The zero-order chi connectivity index (χ0) is 18.3. The second-order valence-corrected chi connectivity index (χ2v) is 7.11. The van der Waals surface area contributed by atoms with Gasteiger partial charge in [0.05, 0.1) is 15.7 Å². The maximum atomic E-state index is 13.0. The van der Waals surface area contributed by atoms with Crippen molar-refractivity contribution in [3.63, 3.8) is 0 Å². The molecule has 1 unspecified atom stereocenters. The quantitative estimate of drug-likeness (QED) is 0.547. The molecule has 1 amide bonds. The van der Waals surface area contributed by atoms with Crippen LogP contribution < -0.4 is 10.2 Å². The number of fused-ring (bicyclic) bond motifs is 1. The predicted octanol–water partition coefficient (Wildman–Crippen LogP) is 6.42. The van der Waals surface area contributed by atoms with Gasteiger partial charge in [0.25, 0.3) is 5.91 Å². The lowest BCUT2D eigenvalue weighted by Crippen LogP contribution is -2.32. The van der Waals surface area contributed by atoms with Gasteiger partial charge in [-0.2, -0.15) is 0 Å².